The fourth-order valence-electron chi connectivity index (χ4n) is 4.37. The maximum atomic E-state index is 12.4. The lowest BCUT2D eigenvalue weighted by molar-refractivity contribution is -1.07. The lowest BCUT2D eigenvalue weighted by Gasteiger charge is -2.54. The van der Waals surface area contributed by atoms with Crippen molar-refractivity contribution in [3.63, 3.8) is 0 Å². The number of carbonyl (C=O) groups excluding carboxylic acids is 2. The van der Waals surface area contributed by atoms with Crippen LogP contribution in [0.2, 0.25) is 0 Å². The Balaban J connectivity index is 1.38. The molecule has 4 aliphatic heterocycles. The molecule has 0 saturated carbocycles. The molecule has 2 bridgehead atoms. The Labute approximate surface area is 137 Å². The Morgan fingerprint density at radius 1 is 0.913 bits per heavy atom. The van der Waals surface area contributed by atoms with Crippen molar-refractivity contribution < 1.29 is 18.6 Å². The van der Waals surface area contributed by atoms with Crippen LogP contribution < -0.4 is 0 Å². The van der Waals surface area contributed by atoms with Crippen LogP contribution in [-0.2, 0) is 0 Å². The van der Waals surface area contributed by atoms with Crippen molar-refractivity contribution >= 4 is 11.8 Å². The largest absolute Gasteiger partial charge is 0.312 e. The maximum Gasteiger partial charge on any atom is 0.261 e. The van der Waals surface area contributed by atoms with E-state index >= 15 is 0 Å². The average Bonchev–Trinajstić information content (AvgIpc) is 2.82. The van der Waals surface area contributed by atoms with Gasteiger partial charge in [-0.3, -0.25) is 14.5 Å². The van der Waals surface area contributed by atoms with Gasteiger partial charge in [-0.05, 0) is 12.1 Å². The summed E-state index contributed by atoms with van der Waals surface area (Å²) in [5, 5.41) is 0. The highest BCUT2D eigenvalue weighted by Gasteiger charge is 2.46. The van der Waals surface area contributed by atoms with Crippen LogP contribution in [0.15, 0.2) is 24.3 Å². The highest BCUT2D eigenvalue weighted by Crippen LogP contribution is 2.26. The molecule has 4 heterocycles. The van der Waals surface area contributed by atoms with Crippen LogP contribution in [-0.4, -0.2) is 85.1 Å². The first kappa shape index (κ1) is 14.8. The molecule has 2 amide bonds. The van der Waals surface area contributed by atoms with Crippen LogP contribution >= 0.6 is 0 Å². The summed E-state index contributed by atoms with van der Waals surface area (Å²) in [7, 11) is 2.37. The predicted molar refractivity (Wildman–Crippen MR) is 86.9 cm³/mol. The van der Waals surface area contributed by atoms with E-state index in [4.69, 9.17) is 0 Å². The molecule has 0 N–H and O–H groups in total. The number of piperazine rings is 3. The van der Waals surface area contributed by atoms with Crippen molar-refractivity contribution in [3.8, 4) is 0 Å². The molecule has 5 nitrogen and oxygen atoms in total. The van der Waals surface area contributed by atoms with E-state index in [1.165, 1.54) is 53.1 Å². The number of rotatable bonds is 4. The molecule has 23 heavy (non-hydrogen) atoms. The molecule has 5 heteroatoms. The summed E-state index contributed by atoms with van der Waals surface area (Å²) in [6, 6.07) is 7.15. The van der Waals surface area contributed by atoms with Crippen LogP contribution in [0.4, 0.5) is 0 Å². The van der Waals surface area contributed by atoms with Crippen LogP contribution in [0, 0.1) is 0 Å². The zero-order valence-electron chi connectivity index (χ0n) is 13.8. The minimum Gasteiger partial charge on any atom is -0.312 e. The Morgan fingerprint density at radius 2 is 1.43 bits per heavy atom. The van der Waals surface area contributed by atoms with E-state index in [0.717, 1.165) is 13.0 Å². The number of hydrogen-bond donors (Lipinski definition) is 0. The highest BCUT2D eigenvalue weighted by atomic mass is 16.2. The first-order valence-corrected chi connectivity index (χ1v) is 8.66. The van der Waals surface area contributed by atoms with Gasteiger partial charge in [0.1, 0.15) is 39.3 Å². The second-order valence-corrected chi connectivity index (χ2v) is 7.69. The van der Waals surface area contributed by atoms with Gasteiger partial charge in [-0.1, -0.05) is 12.1 Å². The maximum absolute atomic E-state index is 12.4. The van der Waals surface area contributed by atoms with E-state index in [1.807, 2.05) is 12.1 Å². The predicted octanol–water partition coefficient (Wildman–Crippen LogP) is 0.963. The minimum atomic E-state index is -0.118. The molecular weight excluding hydrogens is 290 g/mol. The van der Waals surface area contributed by atoms with Crippen molar-refractivity contribution in [2.45, 2.75) is 6.42 Å². The van der Waals surface area contributed by atoms with E-state index in [2.05, 4.69) is 7.05 Å². The van der Waals surface area contributed by atoms with Gasteiger partial charge >= 0.3 is 0 Å². The van der Waals surface area contributed by atoms with Crippen LogP contribution in [0.1, 0.15) is 27.1 Å². The molecule has 1 aromatic rings. The number of carbonyl (C=O) groups is 2. The van der Waals surface area contributed by atoms with Gasteiger partial charge < -0.3 is 8.97 Å². The van der Waals surface area contributed by atoms with Crippen molar-refractivity contribution in [3.05, 3.63) is 35.4 Å². The zero-order valence-corrected chi connectivity index (χ0v) is 13.8. The summed E-state index contributed by atoms with van der Waals surface area (Å²) in [6.45, 7) is 9.20. The molecule has 1 aromatic carbocycles. The standard InChI is InChI=1S/C18H25N3O2/c1-20-9-12-21(13-10-20,14-11-20)8-4-7-19-17(22)15-5-2-3-6-16(15)18(19)23/h2-3,5-6H,4,7-14H2,1H3/q+2. The molecular formula is C18H25N3O2+2. The molecule has 4 aliphatic rings. The van der Waals surface area contributed by atoms with Crippen molar-refractivity contribution in [1.82, 2.24) is 4.90 Å². The van der Waals surface area contributed by atoms with Crippen LogP contribution in [0.3, 0.4) is 0 Å². The van der Waals surface area contributed by atoms with Gasteiger partial charge in [-0.15, -0.1) is 0 Å². The van der Waals surface area contributed by atoms with Gasteiger partial charge in [0.15, 0.2) is 0 Å². The summed E-state index contributed by atoms with van der Waals surface area (Å²) in [5.41, 5.74) is 1.13. The van der Waals surface area contributed by atoms with E-state index in [9.17, 15) is 9.59 Å². The number of likely N-dealkylation sites (N-methyl/N-ethyl adjacent to an activating group) is 1. The first-order chi connectivity index (χ1) is 11.0. The minimum absolute atomic E-state index is 0.118. The van der Waals surface area contributed by atoms with Crippen molar-refractivity contribution in [1.29, 1.82) is 0 Å². The second kappa shape index (κ2) is 5.14. The Hall–Kier alpha value is -1.72. The fourth-order valence-corrected chi connectivity index (χ4v) is 4.37. The highest BCUT2D eigenvalue weighted by molar-refractivity contribution is 6.21. The van der Waals surface area contributed by atoms with Crippen molar-refractivity contribution in [2.24, 2.45) is 0 Å². The number of hydrogen-bond acceptors (Lipinski definition) is 2. The van der Waals surface area contributed by atoms with Gasteiger partial charge in [0.05, 0.1) is 24.7 Å². The SMILES string of the molecule is C[N+]12CC[N+](CCCN3C(=O)c4ccccc4C3=O)(CC1)CC2. The summed E-state index contributed by atoms with van der Waals surface area (Å²) in [5.74, 6) is -0.237. The lowest BCUT2D eigenvalue weighted by atomic mass is 10.1. The van der Waals surface area contributed by atoms with Gasteiger partial charge in [-0.25, -0.2) is 0 Å². The Bertz CT molecular complexity index is 610. The first-order valence-electron chi connectivity index (χ1n) is 8.66. The third-order valence-corrected chi connectivity index (χ3v) is 6.23. The topological polar surface area (TPSA) is 37.4 Å². The number of benzene rings is 1. The fraction of sp³-hybridized carbons (Fsp3) is 0.556. The number of amides is 2. The van der Waals surface area contributed by atoms with E-state index in [-0.39, 0.29) is 11.8 Å². The average molecular weight is 315 g/mol. The quantitative estimate of drug-likeness (QED) is 0.613. The molecule has 0 aliphatic carbocycles. The van der Waals surface area contributed by atoms with E-state index in [1.54, 1.807) is 12.1 Å². The lowest BCUT2D eigenvalue weighted by Crippen LogP contribution is -2.73. The molecule has 122 valence electrons. The van der Waals surface area contributed by atoms with Gasteiger partial charge in [0.25, 0.3) is 11.8 Å². The Morgan fingerprint density at radius 3 is 1.96 bits per heavy atom. The van der Waals surface area contributed by atoms with Crippen LogP contribution in [0.5, 0.6) is 0 Å². The van der Waals surface area contributed by atoms with Gasteiger partial charge in [0.2, 0.25) is 0 Å². The van der Waals surface area contributed by atoms with Crippen LogP contribution in [0.25, 0.3) is 0 Å². The molecule has 5 rings (SSSR count). The molecule has 3 saturated heterocycles. The molecule has 0 atom stereocenters. The number of nitrogens with zero attached hydrogens (tertiary/aromatic N) is 3. The monoisotopic (exact) mass is 315 g/mol. The molecule has 0 radical (unpaired) electrons. The molecule has 3 fully saturated rings. The van der Waals surface area contributed by atoms with Crippen molar-refractivity contribution in [2.75, 3.05) is 59.4 Å². The van der Waals surface area contributed by atoms with Gasteiger partial charge in [0, 0.05) is 13.0 Å². The summed E-state index contributed by atoms with van der Waals surface area (Å²) >= 11 is 0. The third kappa shape index (κ3) is 2.39. The summed E-state index contributed by atoms with van der Waals surface area (Å²) < 4.78 is 2.43. The number of imide groups is 1. The molecule has 0 spiro atoms. The smallest absolute Gasteiger partial charge is 0.261 e. The van der Waals surface area contributed by atoms with Gasteiger partial charge in [-0.2, -0.15) is 0 Å². The Kier molecular flexibility index (Phi) is 3.32. The zero-order chi connectivity index (χ0) is 16.1. The second-order valence-electron chi connectivity index (χ2n) is 7.69. The number of quaternary nitrogens is 2. The third-order valence-electron chi connectivity index (χ3n) is 6.23. The number of fused-ring (bicyclic) bond motifs is 4. The van der Waals surface area contributed by atoms with E-state index < -0.39 is 0 Å². The van der Waals surface area contributed by atoms with E-state index in [0.29, 0.717) is 17.7 Å². The molecule has 0 aromatic heterocycles. The summed E-state index contributed by atoms with van der Waals surface area (Å²) in [4.78, 5) is 26.2. The normalized spacial score (nSPS) is 32.5. The summed E-state index contributed by atoms with van der Waals surface area (Å²) in [6.07, 6.45) is 0.912. The molecule has 0 unspecified atom stereocenters.